The molecule has 144 valence electrons. The molecule has 2 aromatic carbocycles. The monoisotopic (exact) mass is 402 g/mol. The molecule has 8 nitrogen and oxygen atoms in total. The Hall–Kier alpha value is -3.52. The number of carboxylic acids is 1. The number of carbonyl (C=O) groups excluding carboxylic acids is 1. The van der Waals surface area contributed by atoms with Crippen molar-refractivity contribution in [2.75, 3.05) is 6.54 Å². The number of rotatable bonds is 6. The van der Waals surface area contributed by atoms with Crippen molar-refractivity contribution in [1.82, 2.24) is 10.3 Å². The molecule has 4 N–H and O–H groups in total. The number of hydrogen-bond donors (Lipinski definition) is 4. The maximum Gasteiger partial charge on any atom is 0.512 e. The Kier molecular flexibility index (Phi) is 5.51. The van der Waals surface area contributed by atoms with E-state index in [9.17, 15) is 19.5 Å². The molecule has 9 heteroatoms. The predicted octanol–water partition coefficient (Wildman–Crippen LogP) is 3.55. The molecular weight excluding hydrogens is 388 g/mol. The van der Waals surface area contributed by atoms with Crippen molar-refractivity contribution in [2.24, 2.45) is 0 Å². The highest BCUT2D eigenvalue weighted by atomic mass is 35.5. The minimum atomic E-state index is -1.47. The van der Waals surface area contributed by atoms with Crippen molar-refractivity contribution in [2.45, 2.75) is 6.42 Å². The minimum absolute atomic E-state index is 0.0407. The topological polar surface area (TPSA) is 129 Å². The average Bonchev–Trinajstić information content (AvgIpc) is 2.97. The highest BCUT2D eigenvalue weighted by molar-refractivity contribution is 6.31. The number of carboxylic acid groups (broad SMARTS) is 2. The van der Waals surface area contributed by atoms with Crippen LogP contribution in [0.5, 0.6) is 5.88 Å². The van der Waals surface area contributed by atoms with Crippen molar-refractivity contribution < 1.29 is 29.3 Å². The van der Waals surface area contributed by atoms with Gasteiger partial charge < -0.3 is 25.3 Å². The summed E-state index contributed by atoms with van der Waals surface area (Å²) in [4.78, 5) is 37.4. The maximum absolute atomic E-state index is 12.4. The molecule has 3 aromatic rings. The van der Waals surface area contributed by atoms with Crippen LogP contribution < -0.4 is 10.1 Å². The molecule has 3 rings (SSSR count). The molecule has 0 atom stereocenters. The van der Waals surface area contributed by atoms with E-state index in [-0.39, 0.29) is 30.0 Å². The van der Waals surface area contributed by atoms with E-state index < -0.39 is 18.0 Å². The first-order valence-corrected chi connectivity index (χ1v) is 8.56. The van der Waals surface area contributed by atoms with Gasteiger partial charge in [0.1, 0.15) is 0 Å². The summed E-state index contributed by atoms with van der Waals surface area (Å²) in [6.07, 6.45) is -1.23. The second kappa shape index (κ2) is 8.01. The Morgan fingerprint density at radius 2 is 1.79 bits per heavy atom. The maximum atomic E-state index is 12.4. The fourth-order valence-electron chi connectivity index (χ4n) is 2.88. The largest absolute Gasteiger partial charge is 0.512 e. The number of aromatic nitrogens is 1. The zero-order valence-electron chi connectivity index (χ0n) is 14.4. The van der Waals surface area contributed by atoms with Crippen molar-refractivity contribution in [1.29, 1.82) is 0 Å². The first-order chi connectivity index (χ1) is 13.4. The molecule has 1 aromatic heterocycles. The van der Waals surface area contributed by atoms with Crippen LogP contribution in [0, 0.1) is 0 Å². The van der Waals surface area contributed by atoms with Gasteiger partial charge in [-0.05, 0) is 36.8 Å². The summed E-state index contributed by atoms with van der Waals surface area (Å²) >= 11 is 6.02. The van der Waals surface area contributed by atoms with Crippen LogP contribution in [0.4, 0.5) is 4.79 Å². The Bertz CT molecular complexity index is 1080. The highest BCUT2D eigenvalue weighted by Crippen LogP contribution is 2.30. The van der Waals surface area contributed by atoms with E-state index in [1.165, 1.54) is 18.2 Å². The van der Waals surface area contributed by atoms with Crippen LogP contribution in [-0.2, 0) is 6.42 Å². The number of ether oxygens (including phenoxy) is 1. The standard InChI is InChI=1S/C19H15ClN2O6/c20-10-5-6-15-14(9-10)12(17(22-15)28-19(26)27)7-8-21-16(23)11-3-1-2-4-13(11)18(24)25/h1-6,9,22H,7-8H2,(H,21,23)(H,24,25)(H,26,27). The molecule has 0 aliphatic heterocycles. The Balaban J connectivity index is 1.80. The molecule has 0 unspecified atom stereocenters. The van der Waals surface area contributed by atoms with Crippen molar-refractivity contribution >= 4 is 40.5 Å². The number of halogens is 1. The van der Waals surface area contributed by atoms with E-state index in [2.05, 4.69) is 10.3 Å². The third-order valence-corrected chi connectivity index (χ3v) is 4.32. The predicted molar refractivity (Wildman–Crippen MR) is 101 cm³/mol. The zero-order valence-corrected chi connectivity index (χ0v) is 15.1. The molecule has 0 saturated carbocycles. The van der Waals surface area contributed by atoms with Gasteiger partial charge in [0.05, 0.1) is 11.1 Å². The normalized spacial score (nSPS) is 10.6. The lowest BCUT2D eigenvalue weighted by Gasteiger charge is -2.08. The third kappa shape index (κ3) is 4.07. The number of amides is 1. The van der Waals surface area contributed by atoms with Crippen molar-refractivity contribution in [3.8, 4) is 5.88 Å². The fraction of sp³-hybridized carbons (Fsp3) is 0.105. The summed E-state index contributed by atoms with van der Waals surface area (Å²) in [7, 11) is 0. The second-order valence-corrected chi connectivity index (χ2v) is 6.28. The van der Waals surface area contributed by atoms with Gasteiger partial charge in [-0.1, -0.05) is 23.7 Å². The number of hydrogen-bond acceptors (Lipinski definition) is 4. The lowest BCUT2D eigenvalue weighted by molar-refractivity contribution is 0.0691. The fourth-order valence-corrected chi connectivity index (χ4v) is 3.05. The lowest BCUT2D eigenvalue weighted by atomic mass is 10.1. The first kappa shape index (κ1) is 19.2. The van der Waals surface area contributed by atoms with Gasteiger partial charge in [-0.3, -0.25) is 4.79 Å². The summed E-state index contributed by atoms with van der Waals surface area (Å²) in [6, 6.07) is 10.9. The molecule has 0 aliphatic rings. The van der Waals surface area contributed by atoms with Gasteiger partial charge in [0.2, 0.25) is 5.88 Å². The second-order valence-electron chi connectivity index (χ2n) is 5.85. The quantitative estimate of drug-likeness (QED) is 0.467. The summed E-state index contributed by atoms with van der Waals surface area (Å²) in [5.41, 5.74) is 1.11. The number of carbonyl (C=O) groups is 3. The number of fused-ring (bicyclic) bond motifs is 1. The van der Waals surface area contributed by atoms with Gasteiger partial charge in [-0.2, -0.15) is 0 Å². The van der Waals surface area contributed by atoms with Crippen molar-refractivity contribution in [3.05, 3.63) is 64.2 Å². The van der Waals surface area contributed by atoms with Gasteiger partial charge >= 0.3 is 12.1 Å². The Morgan fingerprint density at radius 3 is 2.46 bits per heavy atom. The molecular formula is C19H15ClN2O6. The Labute approximate surface area is 163 Å². The number of benzene rings is 2. The van der Waals surface area contributed by atoms with Gasteiger partial charge in [-0.25, -0.2) is 9.59 Å². The summed E-state index contributed by atoms with van der Waals surface area (Å²) < 4.78 is 4.79. The van der Waals surface area contributed by atoms with Crippen LogP contribution >= 0.6 is 11.6 Å². The van der Waals surface area contributed by atoms with Gasteiger partial charge in [0, 0.05) is 28.0 Å². The highest BCUT2D eigenvalue weighted by Gasteiger charge is 2.18. The van der Waals surface area contributed by atoms with Gasteiger partial charge in [-0.15, -0.1) is 0 Å². The molecule has 1 heterocycles. The van der Waals surface area contributed by atoms with E-state index in [4.69, 9.17) is 21.4 Å². The van der Waals surface area contributed by atoms with E-state index in [1.807, 2.05) is 0 Å². The number of nitrogens with one attached hydrogen (secondary N) is 2. The zero-order chi connectivity index (χ0) is 20.3. The molecule has 1 amide bonds. The van der Waals surface area contributed by atoms with E-state index >= 15 is 0 Å². The van der Waals surface area contributed by atoms with Crippen LogP contribution in [0.1, 0.15) is 26.3 Å². The average molecular weight is 403 g/mol. The van der Waals surface area contributed by atoms with Crippen molar-refractivity contribution in [3.63, 3.8) is 0 Å². The molecule has 0 spiro atoms. The molecule has 0 fully saturated rings. The number of aromatic carboxylic acids is 1. The van der Waals surface area contributed by atoms with Crippen LogP contribution in [0.15, 0.2) is 42.5 Å². The van der Waals surface area contributed by atoms with E-state index in [0.29, 0.717) is 21.5 Å². The van der Waals surface area contributed by atoms with Crippen LogP contribution in [0.3, 0.4) is 0 Å². The molecule has 0 bridgehead atoms. The molecule has 0 radical (unpaired) electrons. The Morgan fingerprint density at radius 1 is 1.07 bits per heavy atom. The summed E-state index contributed by atoms with van der Waals surface area (Å²) in [5, 5.41) is 21.9. The van der Waals surface area contributed by atoms with E-state index in [0.717, 1.165) is 0 Å². The van der Waals surface area contributed by atoms with Gasteiger partial charge in [0.25, 0.3) is 5.91 Å². The van der Waals surface area contributed by atoms with Gasteiger partial charge in [0.15, 0.2) is 0 Å². The van der Waals surface area contributed by atoms with Crippen LogP contribution in [-0.4, -0.2) is 39.8 Å². The first-order valence-electron chi connectivity index (χ1n) is 8.18. The van der Waals surface area contributed by atoms with Crippen LogP contribution in [0.2, 0.25) is 5.02 Å². The van der Waals surface area contributed by atoms with E-state index in [1.54, 1.807) is 24.3 Å². The third-order valence-electron chi connectivity index (χ3n) is 4.08. The SMILES string of the molecule is O=C(O)Oc1[nH]c2ccc(Cl)cc2c1CCNC(=O)c1ccccc1C(=O)O. The molecule has 0 saturated heterocycles. The number of aromatic amines is 1. The minimum Gasteiger partial charge on any atom is -0.478 e. The smallest absolute Gasteiger partial charge is 0.478 e. The summed E-state index contributed by atoms with van der Waals surface area (Å²) in [5.74, 6) is -1.70. The number of H-pyrrole nitrogens is 1. The molecule has 0 aliphatic carbocycles. The summed E-state index contributed by atoms with van der Waals surface area (Å²) in [6.45, 7) is 0.127. The van der Waals surface area contributed by atoms with Crippen LogP contribution in [0.25, 0.3) is 10.9 Å². The lowest BCUT2D eigenvalue weighted by Crippen LogP contribution is -2.27. The molecule has 28 heavy (non-hydrogen) atoms.